The number of nitrogens with zero attached hydrogens (tertiary/aromatic N) is 4. The van der Waals surface area contributed by atoms with Crippen LogP contribution in [-0.2, 0) is 16.1 Å². The van der Waals surface area contributed by atoms with Crippen LogP contribution in [0.1, 0.15) is 30.6 Å². The first-order chi connectivity index (χ1) is 19.9. The Morgan fingerprint density at radius 1 is 1.15 bits per heavy atom. The van der Waals surface area contributed by atoms with E-state index in [1.165, 1.54) is 17.4 Å². The monoisotopic (exact) mass is 580 g/mol. The zero-order chi connectivity index (χ0) is 28.1. The SMILES string of the molecule is O=C(O)C1C2CCC(CC2)C1Nc1nc(-c2c[nH]c3ncc(F)cc23)nc(-c2ccc(CN3CCOCC3)s2)c1F. The molecule has 2 atom stereocenters. The Hall–Kier alpha value is -3.48. The van der Waals surface area contributed by atoms with Crippen molar-refractivity contribution in [2.45, 2.75) is 38.3 Å². The van der Waals surface area contributed by atoms with E-state index in [0.717, 1.165) is 56.4 Å². The topological polar surface area (TPSA) is 116 Å². The summed E-state index contributed by atoms with van der Waals surface area (Å²) in [5.74, 6) is -2.25. The lowest BCUT2D eigenvalue weighted by atomic mass is 9.61. The molecule has 41 heavy (non-hydrogen) atoms. The molecule has 5 heterocycles. The third-order valence-corrected chi connectivity index (χ3v) is 9.85. The van der Waals surface area contributed by atoms with Crippen LogP contribution in [0, 0.1) is 29.4 Å². The number of carboxylic acids is 1. The number of halogens is 2. The van der Waals surface area contributed by atoms with Crippen LogP contribution in [0.4, 0.5) is 14.6 Å². The Labute approximate surface area is 239 Å². The number of H-pyrrole nitrogens is 1. The van der Waals surface area contributed by atoms with Crippen LogP contribution in [0.15, 0.2) is 30.6 Å². The number of aromatic nitrogens is 4. The van der Waals surface area contributed by atoms with Crippen LogP contribution >= 0.6 is 11.3 Å². The molecule has 2 bridgehead atoms. The van der Waals surface area contributed by atoms with E-state index in [2.05, 4.69) is 30.2 Å². The standard InChI is InChI=1S/C29H30F2N6O3S/c30-17-11-19-20(13-33-26(19)32-12-17)27-35-25(21-6-5-18(41-21)14-37-7-9-40-10-8-37)23(31)28(36-27)34-24-16-3-1-15(2-4-16)22(24)29(38)39/h5-6,11-13,15-16,22,24H,1-4,7-10,14H2,(H,32,33)(H,38,39)(H,34,35,36). The summed E-state index contributed by atoms with van der Waals surface area (Å²) in [4.78, 5) is 32.6. The van der Waals surface area contributed by atoms with Crippen molar-refractivity contribution in [2.75, 3.05) is 31.6 Å². The molecule has 4 aromatic rings. The van der Waals surface area contributed by atoms with Crippen LogP contribution in [0.5, 0.6) is 0 Å². The van der Waals surface area contributed by atoms with Crippen molar-refractivity contribution in [2.24, 2.45) is 17.8 Å². The lowest BCUT2D eigenvalue weighted by Crippen LogP contribution is -2.51. The predicted octanol–water partition coefficient (Wildman–Crippen LogP) is 5.16. The number of hydrogen-bond acceptors (Lipinski definition) is 8. The van der Waals surface area contributed by atoms with Gasteiger partial charge in [-0.2, -0.15) is 0 Å². The number of hydrogen-bond donors (Lipinski definition) is 3. The summed E-state index contributed by atoms with van der Waals surface area (Å²) < 4.78 is 35.9. The summed E-state index contributed by atoms with van der Waals surface area (Å²) in [5.41, 5.74) is 1.08. The molecule has 1 saturated heterocycles. The number of rotatable bonds is 7. The summed E-state index contributed by atoms with van der Waals surface area (Å²) in [5, 5.41) is 13.8. The highest BCUT2D eigenvalue weighted by atomic mass is 32.1. The van der Waals surface area contributed by atoms with Gasteiger partial charge in [0, 0.05) is 47.7 Å². The molecule has 0 aromatic carbocycles. The van der Waals surface area contributed by atoms with Crippen LogP contribution in [0.25, 0.3) is 33.0 Å². The van der Waals surface area contributed by atoms with Crippen molar-refractivity contribution in [3.05, 3.63) is 47.1 Å². The highest BCUT2D eigenvalue weighted by Gasteiger charge is 2.47. The molecule has 9 nitrogen and oxygen atoms in total. The van der Waals surface area contributed by atoms with Gasteiger partial charge in [0.15, 0.2) is 17.5 Å². The molecule has 3 N–H and O–H groups in total. The molecule has 3 saturated carbocycles. The van der Waals surface area contributed by atoms with Crippen LogP contribution in [-0.4, -0.2) is 68.3 Å². The molecular formula is C29H30F2N6O3S. The average Bonchev–Trinajstić information content (AvgIpc) is 3.62. The summed E-state index contributed by atoms with van der Waals surface area (Å²) in [6.45, 7) is 3.80. The smallest absolute Gasteiger partial charge is 0.308 e. The van der Waals surface area contributed by atoms with Gasteiger partial charge in [0.25, 0.3) is 0 Å². The molecule has 4 aliphatic rings. The van der Waals surface area contributed by atoms with Gasteiger partial charge in [0.05, 0.1) is 30.2 Å². The fourth-order valence-corrected chi connectivity index (χ4v) is 7.76. The van der Waals surface area contributed by atoms with E-state index in [9.17, 15) is 14.3 Å². The minimum Gasteiger partial charge on any atom is -0.481 e. The highest BCUT2D eigenvalue weighted by Crippen LogP contribution is 2.47. The third-order valence-electron chi connectivity index (χ3n) is 8.78. The van der Waals surface area contributed by atoms with Gasteiger partial charge in [-0.05, 0) is 55.7 Å². The van der Waals surface area contributed by atoms with E-state index in [-0.39, 0.29) is 29.2 Å². The first-order valence-corrected chi connectivity index (χ1v) is 14.9. The fraction of sp³-hybridized carbons (Fsp3) is 0.448. The van der Waals surface area contributed by atoms with Crippen molar-refractivity contribution in [1.82, 2.24) is 24.8 Å². The second-order valence-electron chi connectivity index (χ2n) is 11.2. The number of anilines is 1. The van der Waals surface area contributed by atoms with E-state index in [4.69, 9.17) is 4.74 Å². The van der Waals surface area contributed by atoms with Gasteiger partial charge < -0.3 is 20.1 Å². The molecule has 4 aromatic heterocycles. The molecule has 8 rings (SSSR count). The molecule has 214 valence electrons. The van der Waals surface area contributed by atoms with Crippen molar-refractivity contribution in [1.29, 1.82) is 0 Å². The number of fused-ring (bicyclic) bond motifs is 4. The Kier molecular flexibility index (Phi) is 6.92. The van der Waals surface area contributed by atoms with Gasteiger partial charge in [-0.3, -0.25) is 9.69 Å². The van der Waals surface area contributed by atoms with E-state index in [1.807, 2.05) is 12.1 Å². The van der Waals surface area contributed by atoms with Gasteiger partial charge >= 0.3 is 5.97 Å². The second-order valence-corrected chi connectivity index (χ2v) is 12.3. The normalized spacial score (nSPS) is 24.6. The maximum absolute atomic E-state index is 16.3. The van der Waals surface area contributed by atoms with E-state index in [1.54, 1.807) is 6.20 Å². The van der Waals surface area contributed by atoms with Crippen molar-refractivity contribution >= 4 is 34.2 Å². The lowest BCUT2D eigenvalue weighted by Gasteiger charge is -2.47. The maximum atomic E-state index is 16.3. The minimum absolute atomic E-state index is 0.0318. The Bertz CT molecular complexity index is 1590. The maximum Gasteiger partial charge on any atom is 0.308 e. The fourth-order valence-electron chi connectivity index (χ4n) is 6.73. The van der Waals surface area contributed by atoms with Gasteiger partial charge in [0.1, 0.15) is 17.2 Å². The van der Waals surface area contributed by atoms with Crippen molar-refractivity contribution in [3.63, 3.8) is 0 Å². The van der Waals surface area contributed by atoms with Gasteiger partial charge in [0.2, 0.25) is 0 Å². The number of nitrogens with one attached hydrogen (secondary N) is 2. The van der Waals surface area contributed by atoms with Gasteiger partial charge in [-0.25, -0.2) is 23.7 Å². The number of ether oxygens (including phenoxy) is 1. The van der Waals surface area contributed by atoms with Crippen LogP contribution in [0.3, 0.4) is 0 Å². The summed E-state index contributed by atoms with van der Waals surface area (Å²) in [6, 6.07) is 4.75. The number of morpholine rings is 1. The molecule has 1 aliphatic heterocycles. The Morgan fingerprint density at radius 2 is 1.93 bits per heavy atom. The summed E-state index contributed by atoms with van der Waals surface area (Å²) in [6.07, 6.45) is 6.32. The zero-order valence-corrected chi connectivity index (χ0v) is 23.1. The molecule has 0 spiro atoms. The largest absolute Gasteiger partial charge is 0.481 e. The number of carboxylic acid groups (broad SMARTS) is 1. The molecule has 3 aliphatic carbocycles. The summed E-state index contributed by atoms with van der Waals surface area (Å²) in [7, 11) is 0. The van der Waals surface area contributed by atoms with Crippen LogP contribution < -0.4 is 5.32 Å². The van der Waals surface area contributed by atoms with Crippen molar-refractivity contribution < 1.29 is 23.4 Å². The number of aliphatic carboxylic acids is 1. The quantitative estimate of drug-likeness (QED) is 0.275. The molecule has 12 heteroatoms. The Morgan fingerprint density at radius 3 is 2.71 bits per heavy atom. The molecule has 0 amide bonds. The number of carbonyl (C=O) groups is 1. The summed E-state index contributed by atoms with van der Waals surface area (Å²) >= 11 is 1.46. The van der Waals surface area contributed by atoms with E-state index >= 15 is 4.39 Å². The van der Waals surface area contributed by atoms with Crippen molar-refractivity contribution in [3.8, 4) is 22.0 Å². The molecule has 2 unspecified atom stereocenters. The predicted molar refractivity (Wildman–Crippen MR) is 150 cm³/mol. The number of pyridine rings is 1. The Balaban J connectivity index is 1.30. The van der Waals surface area contributed by atoms with Gasteiger partial charge in [-0.1, -0.05) is 0 Å². The molecular weight excluding hydrogens is 550 g/mol. The number of thiophene rings is 1. The van der Waals surface area contributed by atoms with E-state index < -0.39 is 29.6 Å². The number of aromatic amines is 1. The van der Waals surface area contributed by atoms with Gasteiger partial charge in [-0.15, -0.1) is 11.3 Å². The second kappa shape index (κ2) is 10.7. The first kappa shape index (κ1) is 26.4. The molecule has 4 fully saturated rings. The van der Waals surface area contributed by atoms with Crippen LogP contribution in [0.2, 0.25) is 0 Å². The van der Waals surface area contributed by atoms with E-state index in [0.29, 0.717) is 34.7 Å². The average molecular weight is 581 g/mol. The zero-order valence-electron chi connectivity index (χ0n) is 22.3. The lowest BCUT2D eigenvalue weighted by molar-refractivity contribution is -0.148. The minimum atomic E-state index is -0.865. The molecule has 0 radical (unpaired) electrons. The third kappa shape index (κ3) is 4.98. The highest BCUT2D eigenvalue weighted by molar-refractivity contribution is 7.15. The first-order valence-electron chi connectivity index (χ1n) is 14.0.